The van der Waals surface area contributed by atoms with Crippen LogP contribution in [0.2, 0.25) is 0 Å². The summed E-state index contributed by atoms with van der Waals surface area (Å²) >= 11 is 0. The highest BCUT2D eigenvalue weighted by atomic mass is 19.1. The first-order valence-corrected chi connectivity index (χ1v) is 5.22. The zero-order valence-corrected chi connectivity index (χ0v) is 9.66. The van der Waals surface area contributed by atoms with E-state index in [1.807, 2.05) is 19.9 Å². The molecule has 1 aromatic carbocycles. The van der Waals surface area contributed by atoms with Crippen LogP contribution in [-0.4, -0.2) is 15.4 Å². The van der Waals surface area contributed by atoms with Crippen molar-refractivity contribution in [2.45, 2.75) is 19.9 Å². The second-order valence-corrected chi connectivity index (χ2v) is 3.97. The van der Waals surface area contributed by atoms with Gasteiger partial charge < -0.3 is 0 Å². The van der Waals surface area contributed by atoms with Gasteiger partial charge >= 0.3 is 0 Å². The minimum Gasteiger partial charge on any atom is -0.271 e. The molecule has 1 unspecified atom stereocenters. The fourth-order valence-electron chi connectivity index (χ4n) is 1.96. The molecule has 1 heterocycles. The molecule has 0 amide bonds. The van der Waals surface area contributed by atoms with Crippen LogP contribution in [0, 0.1) is 19.7 Å². The number of halogens is 1. The number of rotatable bonds is 3. The minimum absolute atomic E-state index is 0.298. The lowest BCUT2D eigenvalue weighted by atomic mass is 9.97. The summed E-state index contributed by atoms with van der Waals surface area (Å²) in [5, 5.41) is 10.1. The molecule has 90 valence electrons. The Bertz CT molecular complexity index is 486. The summed E-state index contributed by atoms with van der Waals surface area (Å²) in [6.07, 6.45) is 1.52. The molecule has 0 spiro atoms. The van der Waals surface area contributed by atoms with E-state index in [2.05, 4.69) is 20.8 Å². The van der Waals surface area contributed by atoms with Crippen LogP contribution in [0.1, 0.15) is 28.4 Å². The van der Waals surface area contributed by atoms with Crippen molar-refractivity contribution in [3.8, 4) is 0 Å². The molecule has 4 N–H and O–H groups in total. The first-order chi connectivity index (χ1) is 8.13. The zero-order valence-electron chi connectivity index (χ0n) is 9.66. The smallest absolute Gasteiger partial charge is 0.128 e. The highest BCUT2D eigenvalue weighted by Crippen LogP contribution is 2.26. The van der Waals surface area contributed by atoms with E-state index in [4.69, 9.17) is 5.84 Å². The van der Waals surface area contributed by atoms with Crippen LogP contribution < -0.4 is 11.3 Å². The number of H-pyrrole nitrogens is 1. The number of hydrogen-bond acceptors (Lipinski definition) is 4. The van der Waals surface area contributed by atoms with Crippen molar-refractivity contribution >= 4 is 0 Å². The van der Waals surface area contributed by atoms with Crippen LogP contribution in [0.4, 0.5) is 4.39 Å². The average molecular weight is 235 g/mol. The second-order valence-electron chi connectivity index (χ2n) is 3.97. The number of nitrogens with two attached hydrogens (primary N) is 1. The number of aromatic nitrogens is 3. The van der Waals surface area contributed by atoms with E-state index >= 15 is 0 Å². The maximum Gasteiger partial charge on any atom is 0.128 e. The van der Waals surface area contributed by atoms with E-state index < -0.39 is 6.04 Å². The maximum absolute atomic E-state index is 14.0. The van der Waals surface area contributed by atoms with Gasteiger partial charge in [-0.05, 0) is 31.0 Å². The van der Waals surface area contributed by atoms with Crippen molar-refractivity contribution in [1.82, 2.24) is 20.8 Å². The monoisotopic (exact) mass is 235 g/mol. The van der Waals surface area contributed by atoms with Gasteiger partial charge in [0.2, 0.25) is 0 Å². The van der Waals surface area contributed by atoms with Crippen LogP contribution in [0.25, 0.3) is 0 Å². The number of nitrogens with one attached hydrogen (secondary N) is 2. The van der Waals surface area contributed by atoms with Crippen LogP contribution in [-0.2, 0) is 0 Å². The van der Waals surface area contributed by atoms with E-state index in [1.165, 1.54) is 12.3 Å². The Morgan fingerprint density at radius 3 is 2.71 bits per heavy atom. The van der Waals surface area contributed by atoms with Crippen molar-refractivity contribution in [1.29, 1.82) is 0 Å². The van der Waals surface area contributed by atoms with Gasteiger partial charge in [0.05, 0.1) is 12.2 Å². The summed E-state index contributed by atoms with van der Waals surface area (Å²) < 4.78 is 14.0. The number of benzene rings is 1. The van der Waals surface area contributed by atoms with Gasteiger partial charge in [0.15, 0.2) is 0 Å². The van der Waals surface area contributed by atoms with E-state index in [1.54, 1.807) is 0 Å². The number of hydrazine groups is 1. The molecule has 17 heavy (non-hydrogen) atoms. The van der Waals surface area contributed by atoms with Gasteiger partial charge in [-0.1, -0.05) is 6.07 Å². The zero-order chi connectivity index (χ0) is 12.4. The van der Waals surface area contributed by atoms with Gasteiger partial charge in [-0.2, -0.15) is 15.4 Å². The molecule has 5 nitrogen and oxygen atoms in total. The molecule has 6 heteroatoms. The van der Waals surface area contributed by atoms with Crippen LogP contribution in [0.3, 0.4) is 0 Å². The highest BCUT2D eigenvalue weighted by Gasteiger charge is 2.21. The Hall–Kier alpha value is -1.79. The fraction of sp³-hybridized carbons (Fsp3) is 0.273. The molecular weight excluding hydrogens is 221 g/mol. The molecule has 2 aromatic rings. The quantitative estimate of drug-likeness (QED) is 0.550. The summed E-state index contributed by atoms with van der Waals surface area (Å²) in [5.41, 5.74) is 5.31. The van der Waals surface area contributed by atoms with Crippen molar-refractivity contribution in [3.63, 3.8) is 0 Å². The van der Waals surface area contributed by atoms with Crippen molar-refractivity contribution in [2.24, 2.45) is 5.84 Å². The van der Waals surface area contributed by atoms with Gasteiger partial charge in [0.1, 0.15) is 11.5 Å². The number of nitrogens with zero attached hydrogens (tertiary/aromatic N) is 2. The van der Waals surface area contributed by atoms with Crippen molar-refractivity contribution < 1.29 is 4.39 Å². The molecule has 0 aliphatic rings. The molecular formula is C11H14FN5. The maximum atomic E-state index is 14.0. The Morgan fingerprint density at radius 2 is 2.18 bits per heavy atom. The van der Waals surface area contributed by atoms with E-state index in [0.717, 1.165) is 11.1 Å². The molecule has 2 rings (SSSR count). The summed E-state index contributed by atoms with van der Waals surface area (Å²) in [6, 6.07) is 2.88. The largest absolute Gasteiger partial charge is 0.271 e. The topological polar surface area (TPSA) is 79.6 Å². The lowest BCUT2D eigenvalue weighted by molar-refractivity contribution is 0.548. The fourth-order valence-corrected chi connectivity index (χ4v) is 1.96. The third-order valence-electron chi connectivity index (χ3n) is 2.67. The summed E-state index contributed by atoms with van der Waals surface area (Å²) in [4.78, 5) is 0. The molecule has 0 fully saturated rings. The highest BCUT2D eigenvalue weighted by molar-refractivity contribution is 5.37. The first-order valence-electron chi connectivity index (χ1n) is 5.22. The SMILES string of the molecule is Cc1cc(C)c(C(NN)c2cn[nH]n2)c(F)c1. The Balaban J connectivity index is 2.52. The Labute approximate surface area is 98.2 Å². The van der Waals surface area contributed by atoms with Crippen LogP contribution in [0.15, 0.2) is 18.3 Å². The lowest BCUT2D eigenvalue weighted by Gasteiger charge is -2.17. The Kier molecular flexibility index (Phi) is 3.16. The normalized spacial score (nSPS) is 12.7. The predicted octanol–water partition coefficient (Wildman–Crippen LogP) is 1.11. The van der Waals surface area contributed by atoms with Gasteiger partial charge in [-0.25, -0.2) is 9.82 Å². The standard InChI is InChI=1S/C11H14FN5/c1-6-3-7(2)10(8(12)4-6)11(15-13)9-5-14-17-16-9/h3-5,11,15H,13H2,1-2H3,(H,14,16,17). The van der Waals surface area contributed by atoms with E-state index in [9.17, 15) is 4.39 Å². The first kappa shape index (κ1) is 11.7. The van der Waals surface area contributed by atoms with E-state index in [0.29, 0.717) is 11.3 Å². The number of aromatic amines is 1. The minimum atomic E-state index is -0.505. The molecule has 1 aromatic heterocycles. The van der Waals surface area contributed by atoms with E-state index in [-0.39, 0.29) is 5.82 Å². The Morgan fingerprint density at radius 1 is 1.41 bits per heavy atom. The van der Waals surface area contributed by atoms with Crippen LogP contribution in [0.5, 0.6) is 0 Å². The molecule has 0 radical (unpaired) electrons. The molecule has 0 aliphatic heterocycles. The van der Waals surface area contributed by atoms with Crippen molar-refractivity contribution in [3.05, 3.63) is 46.5 Å². The molecule has 0 bridgehead atoms. The second kappa shape index (κ2) is 4.60. The summed E-state index contributed by atoms with van der Waals surface area (Å²) in [7, 11) is 0. The molecule has 0 saturated carbocycles. The lowest BCUT2D eigenvalue weighted by Crippen LogP contribution is -2.30. The number of aryl methyl sites for hydroxylation is 2. The molecule has 1 atom stereocenters. The third kappa shape index (κ3) is 2.17. The van der Waals surface area contributed by atoms with Gasteiger partial charge in [0, 0.05) is 5.56 Å². The van der Waals surface area contributed by atoms with Gasteiger partial charge in [0.25, 0.3) is 0 Å². The molecule has 0 aliphatic carbocycles. The average Bonchev–Trinajstić information content (AvgIpc) is 2.76. The van der Waals surface area contributed by atoms with Crippen molar-refractivity contribution in [2.75, 3.05) is 0 Å². The van der Waals surface area contributed by atoms with Gasteiger partial charge in [-0.3, -0.25) is 5.84 Å². The molecule has 0 saturated heterocycles. The van der Waals surface area contributed by atoms with Crippen LogP contribution >= 0.6 is 0 Å². The number of hydrogen-bond donors (Lipinski definition) is 3. The van der Waals surface area contributed by atoms with Gasteiger partial charge in [-0.15, -0.1) is 0 Å². The summed E-state index contributed by atoms with van der Waals surface area (Å²) in [5.74, 6) is 5.18. The predicted molar refractivity (Wildman–Crippen MR) is 61.4 cm³/mol. The summed E-state index contributed by atoms with van der Waals surface area (Å²) in [6.45, 7) is 3.69. The third-order valence-corrected chi connectivity index (χ3v) is 2.67.